The summed E-state index contributed by atoms with van der Waals surface area (Å²) in [6.07, 6.45) is 1.80. The van der Waals surface area contributed by atoms with Crippen LogP contribution in [0.4, 0.5) is 5.13 Å². The second-order valence-electron chi connectivity index (χ2n) is 5.03. The Morgan fingerprint density at radius 2 is 2.22 bits per heavy atom. The Morgan fingerprint density at radius 1 is 1.50 bits per heavy atom. The van der Waals surface area contributed by atoms with Gasteiger partial charge in [0.25, 0.3) is 0 Å². The van der Waals surface area contributed by atoms with Gasteiger partial charge in [-0.3, -0.25) is 9.69 Å². The molecule has 0 aliphatic carbocycles. The average molecular weight is 268 g/mol. The van der Waals surface area contributed by atoms with Crippen LogP contribution < -0.4 is 5.73 Å². The predicted molar refractivity (Wildman–Crippen MR) is 73.3 cm³/mol. The number of hydrogen-bond acceptors (Lipinski definition) is 5. The highest BCUT2D eigenvalue weighted by atomic mass is 32.1. The van der Waals surface area contributed by atoms with Gasteiger partial charge in [0.2, 0.25) is 5.91 Å². The number of hydrogen-bond donors (Lipinski definition) is 1. The molecule has 0 bridgehead atoms. The third-order valence-electron chi connectivity index (χ3n) is 3.54. The largest absolute Gasteiger partial charge is 0.375 e. The summed E-state index contributed by atoms with van der Waals surface area (Å²) in [5.74, 6) is 0.203. The van der Waals surface area contributed by atoms with Crippen molar-refractivity contribution in [3.8, 4) is 0 Å². The first-order valence-corrected chi connectivity index (χ1v) is 7.01. The van der Waals surface area contributed by atoms with Gasteiger partial charge >= 0.3 is 0 Å². The summed E-state index contributed by atoms with van der Waals surface area (Å²) >= 11 is 1.49. The van der Waals surface area contributed by atoms with Gasteiger partial charge in [0, 0.05) is 37.3 Å². The summed E-state index contributed by atoms with van der Waals surface area (Å²) in [5.41, 5.74) is 5.18. The van der Waals surface area contributed by atoms with Crippen LogP contribution in [0, 0.1) is 0 Å². The quantitative estimate of drug-likeness (QED) is 0.894. The van der Waals surface area contributed by atoms with Crippen LogP contribution in [0.2, 0.25) is 0 Å². The molecule has 0 radical (unpaired) electrons. The van der Waals surface area contributed by atoms with Crippen LogP contribution in [0.1, 0.15) is 25.6 Å². The lowest BCUT2D eigenvalue weighted by Crippen LogP contribution is -2.62. The zero-order chi connectivity index (χ0) is 13.3. The lowest BCUT2D eigenvalue weighted by atomic mass is 9.97. The molecule has 0 atom stereocenters. The number of piperazine rings is 1. The van der Waals surface area contributed by atoms with Gasteiger partial charge in [0.1, 0.15) is 0 Å². The van der Waals surface area contributed by atoms with Gasteiger partial charge in [-0.2, -0.15) is 0 Å². The van der Waals surface area contributed by atoms with E-state index in [9.17, 15) is 4.79 Å². The Balaban J connectivity index is 2.12. The van der Waals surface area contributed by atoms with Gasteiger partial charge in [-0.25, -0.2) is 4.98 Å². The van der Waals surface area contributed by atoms with Crippen molar-refractivity contribution in [3.63, 3.8) is 0 Å². The number of nitrogens with zero attached hydrogens (tertiary/aromatic N) is 3. The Kier molecular flexibility index (Phi) is 3.59. The number of nitrogens with two attached hydrogens (primary N) is 1. The first kappa shape index (κ1) is 13.3. The maximum Gasteiger partial charge on any atom is 0.242 e. The highest BCUT2D eigenvalue weighted by molar-refractivity contribution is 7.15. The summed E-state index contributed by atoms with van der Waals surface area (Å²) in [4.78, 5) is 21.6. The molecule has 1 aromatic heterocycles. The monoisotopic (exact) mass is 268 g/mol. The van der Waals surface area contributed by atoms with E-state index in [1.165, 1.54) is 11.3 Å². The number of nitrogen functional groups attached to an aromatic ring is 1. The second-order valence-corrected chi connectivity index (χ2v) is 6.18. The number of carbonyl (C=O) groups excluding carboxylic acids is 1. The smallest absolute Gasteiger partial charge is 0.242 e. The van der Waals surface area contributed by atoms with Gasteiger partial charge in [-0.05, 0) is 20.8 Å². The van der Waals surface area contributed by atoms with Gasteiger partial charge < -0.3 is 10.6 Å². The fourth-order valence-corrected chi connectivity index (χ4v) is 3.01. The average Bonchev–Trinajstić information content (AvgIpc) is 2.72. The van der Waals surface area contributed by atoms with Crippen LogP contribution in [0.3, 0.4) is 0 Å². The molecule has 1 aliphatic heterocycles. The number of thiazole rings is 1. The topological polar surface area (TPSA) is 62.5 Å². The van der Waals surface area contributed by atoms with Crippen LogP contribution >= 0.6 is 11.3 Å². The van der Waals surface area contributed by atoms with Gasteiger partial charge in [0.05, 0.1) is 5.54 Å². The highest BCUT2D eigenvalue weighted by Gasteiger charge is 2.41. The van der Waals surface area contributed by atoms with E-state index in [0.717, 1.165) is 31.1 Å². The normalized spacial score (nSPS) is 20.4. The molecule has 18 heavy (non-hydrogen) atoms. The van der Waals surface area contributed by atoms with Crippen LogP contribution in [-0.2, 0) is 11.3 Å². The van der Waals surface area contributed by atoms with Crippen molar-refractivity contribution in [2.24, 2.45) is 0 Å². The summed E-state index contributed by atoms with van der Waals surface area (Å²) in [6.45, 7) is 9.21. The van der Waals surface area contributed by atoms with E-state index in [1.807, 2.05) is 25.7 Å². The predicted octanol–water partition coefficient (Wildman–Crippen LogP) is 1.17. The van der Waals surface area contributed by atoms with Gasteiger partial charge in [-0.1, -0.05) is 0 Å². The van der Waals surface area contributed by atoms with Crippen molar-refractivity contribution in [3.05, 3.63) is 11.1 Å². The number of rotatable bonds is 3. The fourth-order valence-electron chi connectivity index (χ4n) is 2.31. The molecule has 1 aromatic rings. The SMILES string of the molecule is CCN1CCN(Cc2cnc(N)s2)C(C)(C)C1=O. The number of carbonyl (C=O) groups is 1. The summed E-state index contributed by atoms with van der Waals surface area (Å²) in [7, 11) is 0. The molecule has 100 valence electrons. The van der Waals surface area contributed by atoms with Gasteiger partial charge in [0.15, 0.2) is 5.13 Å². The molecular formula is C12H20N4OS. The third kappa shape index (κ3) is 2.35. The second kappa shape index (κ2) is 4.85. The molecule has 1 saturated heterocycles. The molecule has 6 heteroatoms. The number of amides is 1. The maximum absolute atomic E-state index is 12.3. The van der Waals surface area contributed by atoms with Crippen LogP contribution in [-0.4, -0.2) is 45.9 Å². The molecule has 1 fully saturated rings. The van der Waals surface area contributed by atoms with Crippen LogP contribution in [0.5, 0.6) is 0 Å². The van der Waals surface area contributed by atoms with E-state index >= 15 is 0 Å². The van der Waals surface area contributed by atoms with Crippen LogP contribution in [0.25, 0.3) is 0 Å². The minimum absolute atomic E-state index is 0.203. The van der Waals surface area contributed by atoms with E-state index in [4.69, 9.17) is 5.73 Å². The minimum Gasteiger partial charge on any atom is -0.375 e. The summed E-state index contributed by atoms with van der Waals surface area (Å²) < 4.78 is 0. The third-order valence-corrected chi connectivity index (χ3v) is 4.35. The van der Waals surface area contributed by atoms with Crippen molar-refractivity contribution >= 4 is 22.4 Å². The van der Waals surface area contributed by atoms with Crippen molar-refractivity contribution in [2.75, 3.05) is 25.4 Å². The number of likely N-dealkylation sites (N-methyl/N-ethyl adjacent to an activating group) is 1. The Bertz CT molecular complexity index is 443. The zero-order valence-electron chi connectivity index (χ0n) is 11.1. The highest BCUT2D eigenvalue weighted by Crippen LogP contribution is 2.26. The maximum atomic E-state index is 12.3. The number of aromatic nitrogens is 1. The van der Waals surface area contributed by atoms with E-state index in [0.29, 0.717) is 5.13 Å². The Hall–Kier alpha value is -1.14. The van der Waals surface area contributed by atoms with E-state index in [2.05, 4.69) is 9.88 Å². The summed E-state index contributed by atoms with van der Waals surface area (Å²) in [5, 5.41) is 0.585. The lowest BCUT2D eigenvalue weighted by molar-refractivity contribution is -0.149. The molecule has 5 nitrogen and oxygen atoms in total. The van der Waals surface area contributed by atoms with E-state index in [1.54, 1.807) is 6.20 Å². The Labute approximate surface area is 112 Å². The van der Waals surface area contributed by atoms with Crippen molar-refractivity contribution in [1.82, 2.24) is 14.8 Å². The molecule has 2 heterocycles. The molecule has 0 saturated carbocycles. The van der Waals surface area contributed by atoms with Crippen LogP contribution in [0.15, 0.2) is 6.20 Å². The first-order valence-electron chi connectivity index (χ1n) is 6.19. The first-order chi connectivity index (χ1) is 8.45. The zero-order valence-corrected chi connectivity index (χ0v) is 12.0. The van der Waals surface area contributed by atoms with Gasteiger partial charge in [-0.15, -0.1) is 11.3 Å². The minimum atomic E-state index is -0.451. The molecule has 2 N–H and O–H groups in total. The van der Waals surface area contributed by atoms with Crippen molar-refractivity contribution in [2.45, 2.75) is 32.9 Å². The molecule has 0 unspecified atom stereocenters. The molecule has 1 amide bonds. The molecule has 2 rings (SSSR count). The van der Waals surface area contributed by atoms with E-state index < -0.39 is 5.54 Å². The van der Waals surface area contributed by atoms with E-state index in [-0.39, 0.29) is 5.91 Å². The van der Waals surface area contributed by atoms with Crippen molar-refractivity contribution in [1.29, 1.82) is 0 Å². The fraction of sp³-hybridized carbons (Fsp3) is 0.667. The number of anilines is 1. The lowest BCUT2D eigenvalue weighted by Gasteiger charge is -2.45. The standard InChI is InChI=1S/C12H20N4OS/c1-4-15-5-6-16(12(2,3)10(15)17)8-9-7-14-11(13)18-9/h7H,4-6,8H2,1-3H3,(H2,13,14). The molecular weight excluding hydrogens is 248 g/mol. The molecule has 0 aromatic carbocycles. The molecule has 0 spiro atoms. The molecule has 1 aliphatic rings. The Morgan fingerprint density at radius 3 is 2.78 bits per heavy atom. The van der Waals surface area contributed by atoms with Crippen molar-refractivity contribution < 1.29 is 4.79 Å². The summed E-state index contributed by atoms with van der Waals surface area (Å²) in [6, 6.07) is 0.